The van der Waals surface area contributed by atoms with Crippen LogP contribution >= 0.6 is 24.0 Å². The molecule has 0 amide bonds. The normalized spacial score (nSPS) is 16.1. The van der Waals surface area contributed by atoms with E-state index in [9.17, 15) is 0 Å². The van der Waals surface area contributed by atoms with Crippen LogP contribution in [0.2, 0.25) is 0 Å². The van der Waals surface area contributed by atoms with Gasteiger partial charge in [-0.25, -0.2) is 0 Å². The van der Waals surface area contributed by atoms with E-state index in [0.717, 1.165) is 44.3 Å². The molecule has 1 aliphatic rings. The minimum atomic E-state index is 0. The second kappa shape index (κ2) is 9.80. The summed E-state index contributed by atoms with van der Waals surface area (Å²) in [6, 6.07) is 7.59. The molecule has 7 heteroatoms. The lowest BCUT2D eigenvalue weighted by Crippen LogP contribution is -2.38. The van der Waals surface area contributed by atoms with Crippen LogP contribution in [-0.2, 0) is 4.74 Å². The van der Waals surface area contributed by atoms with Crippen molar-refractivity contribution >= 4 is 35.6 Å². The van der Waals surface area contributed by atoms with Gasteiger partial charge in [0.1, 0.15) is 5.75 Å². The fourth-order valence-electron chi connectivity index (χ4n) is 2.02. The quantitative estimate of drug-likeness (QED) is 0.439. The van der Waals surface area contributed by atoms with Gasteiger partial charge in [-0.3, -0.25) is 9.89 Å². The van der Waals surface area contributed by atoms with Crippen LogP contribution in [-0.4, -0.2) is 57.4 Å². The number of morpholine rings is 1. The van der Waals surface area contributed by atoms with Crippen LogP contribution in [0.15, 0.2) is 29.3 Å². The molecule has 0 aromatic heterocycles. The number of methoxy groups -OCH3 is 1. The lowest BCUT2D eigenvalue weighted by Gasteiger charge is -2.25. The van der Waals surface area contributed by atoms with Gasteiger partial charge < -0.3 is 20.5 Å². The summed E-state index contributed by atoms with van der Waals surface area (Å²) in [7, 11) is 1.64. The molecule has 0 spiro atoms. The van der Waals surface area contributed by atoms with E-state index in [4.69, 9.17) is 15.2 Å². The number of hydrogen-bond acceptors (Lipinski definition) is 4. The summed E-state index contributed by atoms with van der Waals surface area (Å²) in [5.74, 6) is 1.21. The minimum absolute atomic E-state index is 0. The highest BCUT2D eigenvalue weighted by Gasteiger charge is 2.08. The van der Waals surface area contributed by atoms with Gasteiger partial charge in [0, 0.05) is 31.4 Å². The first-order valence-corrected chi connectivity index (χ1v) is 6.79. The molecule has 0 atom stereocenters. The molecule has 0 bridgehead atoms. The summed E-state index contributed by atoms with van der Waals surface area (Å²) in [5.41, 5.74) is 6.74. The van der Waals surface area contributed by atoms with Gasteiger partial charge >= 0.3 is 0 Å². The summed E-state index contributed by atoms with van der Waals surface area (Å²) in [4.78, 5) is 6.65. The number of nitrogens with two attached hydrogens (primary N) is 1. The average Bonchev–Trinajstić information content (AvgIpc) is 2.48. The first-order chi connectivity index (χ1) is 9.78. The molecule has 3 N–H and O–H groups in total. The molecule has 1 heterocycles. The van der Waals surface area contributed by atoms with E-state index < -0.39 is 0 Å². The number of rotatable bonds is 5. The number of nitrogens with zero attached hydrogens (tertiary/aromatic N) is 2. The van der Waals surface area contributed by atoms with Crippen molar-refractivity contribution in [3.8, 4) is 5.75 Å². The second-order valence-electron chi connectivity index (χ2n) is 4.58. The molecular weight excluding hydrogens is 383 g/mol. The number of nitrogens with one attached hydrogen (secondary N) is 1. The van der Waals surface area contributed by atoms with Crippen molar-refractivity contribution in [3.63, 3.8) is 0 Å². The summed E-state index contributed by atoms with van der Waals surface area (Å²) < 4.78 is 10.5. The van der Waals surface area contributed by atoms with Crippen molar-refractivity contribution in [2.75, 3.05) is 51.8 Å². The van der Waals surface area contributed by atoms with Gasteiger partial charge in [0.25, 0.3) is 0 Å². The molecular formula is C14H23IN4O2. The van der Waals surface area contributed by atoms with Crippen molar-refractivity contribution in [2.45, 2.75) is 0 Å². The summed E-state index contributed by atoms with van der Waals surface area (Å²) in [6.45, 7) is 5.15. The van der Waals surface area contributed by atoms with Crippen LogP contribution in [0.3, 0.4) is 0 Å². The predicted octanol–water partition coefficient (Wildman–Crippen LogP) is 1.37. The number of halogens is 1. The molecule has 1 aromatic rings. The van der Waals surface area contributed by atoms with Crippen LogP contribution in [0.4, 0.5) is 5.69 Å². The maximum absolute atomic E-state index is 5.87. The Morgan fingerprint density at radius 2 is 2.19 bits per heavy atom. The van der Waals surface area contributed by atoms with Gasteiger partial charge in [-0.05, 0) is 12.1 Å². The minimum Gasteiger partial charge on any atom is -0.497 e. The van der Waals surface area contributed by atoms with E-state index in [1.165, 1.54) is 0 Å². The molecule has 1 fully saturated rings. The molecule has 118 valence electrons. The van der Waals surface area contributed by atoms with E-state index in [2.05, 4.69) is 15.2 Å². The molecule has 0 saturated carbocycles. The van der Waals surface area contributed by atoms with Crippen LogP contribution in [0, 0.1) is 0 Å². The number of hydrogen-bond donors (Lipinski definition) is 2. The molecule has 0 aliphatic carbocycles. The Balaban J connectivity index is 0.00000220. The zero-order chi connectivity index (χ0) is 14.2. The standard InChI is InChI=1S/C14H22N4O2.HI/c1-19-13-4-2-3-12(11-13)17-14(15)16-5-6-18-7-9-20-10-8-18;/h2-4,11H,5-10H2,1H3,(H3,15,16,17);1H. The fourth-order valence-corrected chi connectivity index (χ4v) is 2.02. The Morgan fingerprint density at radius 1 is 1.43 bits per heavy atom. The van der Waals surface area contributed by atoms with E-state index in [1.807, 2.05) is 24.3 Å². The van der Waals surface area contributed by atoms with Crippen molar-refractivity contribution < 1.29 is 9.47 Å². The maximum atomic E-state index is 5.87. The van der Waals surface area contributed by atoms with Gasteiger partial charge in [-0.2, -0.15) is 0 Å². The van der Waals surface area contributed by atoms with Crippen molar-refractivity contribution in [1.82, 2.24) is 4.90 Å². The molecule has 1 aromatic carbocycles. The molecule has 0 radical (unpaired) electrons. The summed E-state index contributed by atoms with van der Waals surface area (Å²) >= 11 is 0. The first kappa shape index (κ1) is 18.0. The number of aliphatic imine (C=N–C) groups is 1. The average molecular weight is 406 g/mol. The second-order valence-corrected chi connectivity index (χ2v) is 4.58. The van der Waals surface area contributed by atoms with Crippen LogP contribution in [0.25, 0.3) is 0 Å². The lowest BCUT2D eigenvalue weighted by molar-refractivity contribution is 0.0394. The largest absolute Gasteiger partial charge is 0.497 e. The molecule has 1 aliphatic heterocycles. The Morgan fingerprint density at radius 3 is 2.90 bits per heavy atom. The highest BCUT2D eigenvalue weighted by molar-refractivity contribution is 14.0. The zero-order valence-corrected chi connectivity index (χ0v) is 14.6. The lowest BCUT2D eigenvalue weighted by atomic mass is 10.3. The maximum Gasteiger partial charge on any atom is 0.193 e. The molecule has 21 heavy (non-hydrogen) atoms. The molecule has 1 saturated heterocycles. The van der Waals surface area contributed by atoms with Gasteiger partial charge in [0.15, 0.2) is 5.96 Å². The number of guanidine groups is 1. The third-order valence-corrected chi connectivity index (χ3v) is 3.14. The zero-order valence-electron chi connectivity index (χ0n) is 12.2. The number of anilines is 1. The monoisotopic (exact) mass is 406 g/mol. The van der Waals surface area contributed by atoms with E-state index >= 15 is 0 Å². The van der Waals surface area contributed by atoms with Gasteiger partial charge in [0.2, 0.25) is 0 Å². The highest BCUT2D eigenvalue weighted by atomic mass is 127. The third-order valence-electron chi connectivity index (χ3n) is 3.14. The van der Waals surface area contributed by atoms with Crippen molar-refractivity contribution in [3.05, 3.63) is 24.3 Å². The van der Waals surface area contributed by atoms with Crippen molar-refractivity contribution in [2.24, 2.45) is 10.7 Å². The summed E-state index contributed by atoms with van der Waals surface area (Å²) in [6.07, 6.45) is 0. The van der Waals surface area contributed by atoms with Gasteiger partial charge in [-0.1, -0.05) is 6.07 Å². The van der Waals surface area contributed by atoms with Crippen LogP contribution < -0.4 is 15.8 Å². The van der Waals surface area contributed by atoms with Crippen LogP contribution in [0.5, 0.6) is 5.75 Å². The SMILES string of the molecule is COc1cccc(NC(N)=NCCN2CCOCC2)c1.I. The number of ether oxygens (including phenoxy) is 2. The smallest absolute Gasteiger partial charge is 0.193 e. The Labute approximate surface area is 142 Å². The van der Waals surface area contributed by atoms with Crippen LogP contribution in [0.1, 0.15) is 0 Å². The molecule has 2 rings (SSSR count). The Hall–Kier alpha value is -1.06. The van der Waals surface area contributed by atoms with E-state index in [0.29, 0.717) is 12.5 Å². The predicted molar refractivity (Wildman–Crippen MR) is 95.8 cm³/mol. The highest BCUT2D eigenvalue weighted by Crippen LogP contribution is 2.16. The number of benzene rings is 1. The topological polar surface area (TPSA) is 72.1 Å². The molecule has 6 nitrogen and oxygen atoms in total. The summed E-state index contributed by atoms with van der Waals surface area (Å²) in [5, 5.41) is 3.06. The Bertz CT molecular complexity index is 450. The van der Waals surface area contributed by atoms with E-state index in [-0.39, 0.29) is 24.0 Å². The van der Waals surface area contributed by atoms with Gasteiger partial charge in [0.05, 0.1) is 26.9 Å². The van der Waals surface area contributed by atoms with Crippen molar-refractivity contribution in [1.29, 1.82) is 0 Å². The molecule has 0 unspecified atom stereocenters. The van der Waals surface area contributed by atoms with Gasteiger partial charge in [-0.15, -0.1) is 24.0 Å². The first-order valence-electron chi connectivity index (χ1n) is 6.79. The van der Waals surface area contributed by atoms with E-state index in [1.54, 1.807) is 7.11 Å². The Kier molecular flexibility index (Phi) is 8.40. The third kappa shape index (κ3) is 6.49. The fraction of sp³-hybridized carbons (Fsp3) is 0.500.